The van der Waals surface area contributed by atoms with E-state index in [2.05, 4.69) is 33.3 Å². The van der Waals surface area contributed by atoms with Gasteiger partial charge in [-0.25, -0.2) is 0 Å². The summed E-state index contributed by atoms with van der Waals surface area (Å²) in [4.78, 5) is 33.2. The standard InChI is InChI=1S/C34H33F2N7O2/c1-23-21-42-31(33(45)43(23)29-12-10-28(11-13-29)34(35,36)27-6-4-3-5-7-27)30(20-38-42)39-32(44)24-8-9-25(26(18-24)19-37)22-41-16-14-40(2)15-17-41/h3-13,18,20,23H,14-17,21-22H2,1-2H3,(H,39,44)/t23-/m0/s1. The van der Waals surface area contributed by atoms with E-state index in [1.54, 1.807) is 36.4 Å². The number of fused-ring (bicyclic) bond motifs is 1. The van der Waals surface area contributed by atoms with E-state index >= 15 is 8.78 Å². The minimum atomic E-state index is -3.19. The summed E-state index contributed by atoms with van der Waals surface area (Å²) in [5.41, 5.74) is 2.15. The van der Waals surface area contributed by atoms with Crippen molar-refractivity contribution >= 4 is 23.2 Å². The molecule has 1 N–H and O–H groups in total. The van der Waals surface area contributed by atoms with E-state index in [0.717, 1.165) is 31.7 Å². The molecule has 0 radical (unpaired) electrons. The summed E-state index contributed by atoms with van der Waals surface area (Å²) in [6.45, 7) is 6.56. The molecule has 3 aromatic carbocycles. The first kappa shape index (κ1) is 30.1. The molecule has 1 saturated heterocycles. The summed E-state index contributed by atoms with van der Waals surface area (Å²) < 4.78 is 31.8. The van der Waals surface area contributed by atoms with Crippen molar-refractivity contribution in [3.63, 3.8) is 0 Å². The fraction of sp³-hybridized carbons (Fsp3) is 0.294. The lowest BCUT2D eigenvalue weighted by atomic mass is 9.99. The van der Waals surface area contributed by atoms with Crippen molar-refractivity contribution in [3.8, 4) is 6.07 Å². The summed E-state index contributed by atoms with van der Waals surface area (Å²) in [6, 6.07) is 20.2. The Morgan fingerprint density at radius 1 is 1.02 bits per heavy atom. The number of benzene rings is 3. The number of alkyl halides is 2. The van der Waals surface area contributed by atoms with E-state index in [9.17, 15) is 14.9 Å². The number of anilines is 2. The fourth-order valence-electron chi connectivity index (χ4n) is 5.91. The van der Waals surface area contributed by atoms with E-state index in [1.807, 2.05) is 6.92 Å². The molecule has 3 heterocycles. The van der Waals surface area contributed by atoms with Gasteiger partial charge in [0.15, 0.2) is 0 Å². The SMILES string of the molecule is C[C@H]1Cn2ncc(NC(=O)c3ccc(CN4CCN(C)CC4)c(C#N)c3)c2C(=O)N1c1ccc(C(F)(F)c2ccccc2)cc1. The number of carbonyl (C=O) groups excluding carboxylic acids is 2. The Morgan fingerprint density at radius 2 is 1.71 bits per heavy atom. The summed E-state index contributed by atoms with van der Waals surface area (Å²) >= 11 is 0. The normalized spacial score (nSPS) is 17.5. The van der Waals surface area contributed by atoms with Gasteiger partial charge in [-0.2, -0.15) is 19.1 Å². The number of carbonyl (C=O) groups is 2. The van der Waals surface area contributed by atoms with Crippen molar-refractivity contribution < 1.29 is 18.4 Å². The van der Waals surface area contributed by atoms with Crippen LogP contribution in [-0.2, 0) is 19.0 Å². The van der Waals surface area contributed by atoms with Crippen LogP contribution in [0.5, 0.6) is 0 Å². The fourth-order valence-corrected chi connectivity index (χ4v) is 5.91. The first-order valence-electron chi connectivity index (χ1n) is 14.8. The predicted octanol–water partition coefficient (Wildman–Crippen LogP) is 4.94. The maximum atomic E-state index is 15.1. The van der Waals surface area contributed by atoms with Crippen LogP contribution in [0.1, 0.15) is 50.0 Å². The molecule has 0 unspecified atom stereocenters. The maximum Gasteiger partial charge on any atom is 0.298 e. The van der Waals surface area contributed by atoms with Crippen LogP contribution in [0, 0.1) is 11.3 Å². The third-order valence-corrected chi connectivity index (χ3v) is 8.51. The Kier molecular flexibility index (Phi) is 8.18. The zero-order chi connectivity index (χ0) is 31.7. The van der Waals surface area contributed by atoms with E-state index in [1.165, 1.54) is 52.2 Å². The molecule has 230 valence electrons. The Hall–Kier alpha value is -4.92. The molecule has 2 aliphatic rings. The molecule has 1 fully saturated rings. The van der Waals surface area contributed by atoms with Crippen molar-refractivity contribution in [2.75, 3.05) is 43.4 Å². The Balaban J connectivity index is 1.19. The molecule has 1 atom stereocenters. The largest absolute Gasteiger partial charge is 0.319 e. The van der Waals surface area contributed by atoms with Gasteiger partial charge in [0.2, 0.25) is 0 Å². The van der Waals surface area contributed by atoms with Gasteiger partial charge in [-0.05, 0) is 43.8 Å². The van der Waals surface area contributed by atoms with Crippen LogP contribution >= 0.6 is 0 Å². The number of nitrogens with one attached hydrogen (secondary N) is 1. The molecule has 1 aromatic heterocycles. The zero-order valence-corrected chi connectivity index (χ0v) is 25.1. The van der Waals surface area contributed by atoms with Crippen molar-refractivity contribution in [2.24, 2.45) is 0 Å². The minimum absolute atomic E-state index is 0.115. The second kappa shape index (κ2) is 12.2. The molecule has 6 rings (SSSR count). The molecular weight excluding hydrogens is 576 g/mol. The molecule has 0 saturated carbocycles. The molecule has 4 aromatic rings. The topological polar surface area (TPSA) is 97.5 Å². The first-order chi connectivity index (χ1) is 21.7. The number of likely N-dealkylation sites (N-methyl/N-ethyl adjacent to an activating group) is 1. The van der Waals surface area contributed by atoms with Crippen LogP contribution in [0.15, 0.2) is 79.0 Å². The Morgan fingerprint density at radius 3 is 2.40 bits per heavy atom. The highest BCUT2D eigenvalue weighted by molar-refractivity contribution is 6.13. The molecule has 0 bridgehead atoms. The Labute approximate surface area is 260 Å². The molecule has 2 amide bonds. The zero-order valence-electron chi connectivity index (χ0n) is 25.1. The predicted molar refractivity (Wildman–Crippen MR) is 166 cm³/mol. The van der Waals surface area contributed by atoms with Gasteiger partial charge in [0, 0.05) is 55.1 Å². The van der Waals surface area contributed by atoms with E-state index < -0.39 is 17.7 Å². The highest BCUT2D eigenvalue weighted by atomic mass is 19.3. The molecule has 0 aliphatic carbocycles. The van der Waals surface area contributed by atoms with Gasteiger partial charge in [-0.1, -0.05) is 48.5 Å². The lowest BCUT2D eigenvalue weighted by molar-refractivity contribution is 0.0428. The molecule has 11 heteroatoms. The third kappa shape index (κ3) is 5.94. The number of rotatable bonds is 7. The monoisotopic (exact) mass is 609 g/mol. The lowest BCUT2D eigenvalue weighted by Crippen LogP contribution is -2.47. The lowest BCUT2D eigenvalue weighted by Gasteiger charge is -2.34. The van der Waals surface area contributed by atoms with Gasteiger partial charge in [0.25, 0.3) is 17.7 Å². The van der Waals surface area contributed by atoms with Gasteiger partial charge in [-0.15, -0.1) is 0 Å². The Bertz CT molecular complexity index is 1760. The highest BCUT2D eigenvalue weighted by Crippen LogP contribution is 2.37. The van der Waals surface area contributed by atoms with E-state index in [4.69, 9.17) is 0 Å². The minimum Gasteiger partial charge on any atom is -0.319 e. The average molecular weight is 610 g/mol. The van der Waals surface area contributed by atoms with Gasteiger partial charge in [0.05, 0.1) is 36.1 Å². The van der Waals surface area contributed by atoms with Crippen molar-refractivity contribution in [3.05, 3.63) is 113 Å². The van der Waals surface area contributed by atoms with Crippen molar-refractivity contribution in [2.45, 2.75) is 32.0 Å². The highest BCUT2D eigenvalue weighted by Gasteiger charge is 2.37. The third-order valence-electron chi connectivity index (χ3n) is 8.51. The van der Waals surface area contributed by atoms with Crippen molar-refractivity contribution in [1.82, 2.24) is 19.6 Å². The number of aromatic nitrogens is 2. The van der Waals surface area contributed by atoms with Crippen LogP contribution < -0.4 is 10.2 Å². The molecule has 2 aliphatic heterocycles. The van der Waals surface area contributed by atoms with Crippen LogP contribution in [0.3, 0.4) is 0 Å². The van der Waals surface area contributed by atoms with Gasteiger partial charge < -0.3 is 15.1 Å². The second-order valence-corrected chi connectivity index (χ2v) is 11.6. The van der Waals surface area contributed by atoms with Gasteiger partial charge >= 0.3 is 0 Å². The van der Waals surface area contributed by atoms with E-state index in [0.29, 0.717) is 24.3 Å². The first-order valence-corrected chi connectivity index (χ1v) is 14.8. The van der Waals surface area contributed by atoms with Crippen molar-refractivity contribution in [1.29, 1.82) is 5.26 Å². The van der Waals surface area contributed by atoms with Crippen LogP contribution in [0.4, 0.5) is 20.2 Å². The summed E-state index contributed by atoms with van der Waals surface area (Å²) in [5, 5.41) is 16.9. The number of nitrogens with zero attached hydrogens (tertiary/aromatic N) is 6. The van der Waals surface area contributed by atoms with Crippen LogP contribution in [0.2, 0.25) is 0 Å². The smallest absolute Gasteiger partial charge is 0.298 e. The van der Waals surface area contributed by atoms with Crippen LogP contribution in [-0.4, -0.2) is 70.7 Å². The van der Waals surface area contributed by atoms with Gasteiger partial charge in [0.1, 0.15) is 5.69 Å². The quantitative estimate of drug-likeness (QED) is 0.319. The molecule has 45 heavy (non-hydrogen) atoms. The van der Waals surface area contributed by atoms with E-state index in [-0.39, 0.29) is 34.1 Å². The molecule has 9 nitrogen and oxygen atoms in total. The number of halogens is 2. The van der Waals surface area contributed by atoms with Crippen LogP contribution in [0.25, 0.3) is 0 Å². The number of piperazine rings is 1. The number of hydrogen-bond donors (Lipinski definition) is 1. The second-order valence-electron chi connectivity index (χ2n) is 11.6. The van der Waals surface area contributed by atoms with Gasteiger partial charge in [-0.3, -0.25) is 19.2 Å². The summed E-state index contributed by atoms with van der Waals surface area (Å²) in [7, 11) is 2.09. The maximum absolute atomic E-state index is 15.1. The molecular formula is C34H33F2N7O2. The average Bonchev–Trinajstić information content (AvgIpc) is 3.45. The number of nitriles is 1. The molecule has 0 spiro atoms. The summed E-state index contributed by atoms with van der Waals surface area (Å²) in [5.74, 6) is -4.08. The summed E-state index contributed by atoms with van der Waals surface area (Å²) in [6.07, 6.45) is 1.43. The number of hydrogen-bond acceptors (Lipinski definition) is 6. The number of amides is 2.